The van der Waals surface area contributed by atoms with Crippen LogP contribution >= 0.6 is 0 Å². The minimum Gasteiger partial charge on any atom is -0.493 e. The smallest absolute Gasteiger partial charge is 0.166 e. The van der Waals surface area contributed by atoms with Crippen LogP contribution in [0.25, 0.3) is 0 Å². The highest BCUT2D eigenvalue weighted by Gasteiger charge is 2.90. The minimum atomic E-state index is -0.706. The summed E-state index contributed by atoms with van der Waals surface area (Å²) in [5.74, 6) is 1.72. The van der Waals surface area contributed by atoms with E-state index in [4.69, 9.17) is 14.2 Å². The first-order valence-electron chi connectivity index (χ1n) is 10.3. The number of carbonyl (C=O) groups is 1. The number of carbonyl (C=O) groups excluding carboxylic acids is 1. The number of likely N-dealkylation sites (tertiary alicyclic amines) is 1. The van der Waals surface area contributed by atoms with E-state index in [0.29, 0.717) is 6.04 Å². The van der Waals surface area contributed by atoms with Crippen molar-refractivity contribution in [1.82, 2.24) is 4.90 Å². The number of ketones is 1. The summed E-state index contributed by atoms with van der Waals surface area (Å²) >= 11 is 0. The second-order valence-corrected chi connectivity index (χ2v) is 9.87. The lowest BCUT2D eigenvalue weighted by Crippen LogP contribution is -2.73. The molecule has 3 spiro atoms. The standard InChI is InChI=1S/C23H25NO4/c1-12(25)14-10-20-7-8-23(14,27-4)19-22(20)11-21(18(20)24(21)2)9-13-5-6-15(26-3)17(28-19)16(13)22/h5-8,14,18-19H,9-11H2,1-4H3. The topological polar surface area (TPSA) is 47.8 Å². The normalized spacial score (nSPS) is 52.1. The van der Waals surface area contributed by atoms with E-state index < -0.39 is 5.60 Å². The van der Waals surface area contributed by atoms with Crippen molar-refractivity contribution in [1.29, 1.82) is 0 Å². The molecule has 146 valence electrons. The fourth-order valence-corrected chi connectivity index (χ4v) is 8.62. The summed E-state index contributed by atoms with van der Waals surface area (Å²) in [5.41, 5.74) is 2.01. The second-order valence-electron chi connectivity index (χ2n) is 9.87. The molecule has 2 heterocycles. The molecule has 8 unspecified atom stereocenters. The van der Waals surface area contributed by atoms with Crippen LogP contribution in [0.4, 0.5) is 0 Å². The van der Waals surface area contributed by atoms with Crippen LogP contribution in [-0.2, 0) is 21.4 Å². The molecule has 0 amide bonds. The Hall–Kier alpha value is -1.85. The molecule has 8 atom stereocenters. The van der Waals surface area contributed by atoms with Crippen LogP contribution in [0.1, 0.15) is 30.9 Å². The number of Topliss-reactive ketones (excluding diaryl/α,β-unsaturated/α-hetero) is 1. The van der Waals surface area contributed by atoms with E-state index in [1.165, 1.54) is 11.1 Å². The maximum Gasteiger partial charge on any atom is 0.166 e. The van der Waals surface area contributed by atoms with Crippen molar-refractivity contribution in [2.75, 3.05) is 21.3 Å². The van der Waals surface area contributed by atoms with Crippen LogP contribution in [0.3, 0.4) is 0 Å². The van der Waals surface area contributed by atoms with E-state index >= 15 is 0 Å². The summed E-state index contributed by atoms with van der Waals surface area (Å²) in [6.07, 6.45) is 7.39. The largest absolute Gasteiger partial charge is 0.493 e. The Bertz CT molecular complexity index is 1020. The van der Waals surface area contributed by atoms with E-state index in [0.717, 1.165) is 30.8 Å². The van der Waals surface area contributed by atoms with Crippen LogP contribution in [-0.4, -0.2) is 55.2 Å². The molecule has 0 N–H and O–H groups in total. The van der Waals surface area contributed by atoms with E-state index in [2.05, 4.69) is 30.2 Å². The molecule has 7 aliphatic rings. The Labute approximate surface area is 164 Å². The summed E-state index contributed by atoms with van der Waals surface area (Å²) in [6.45, 7) is 1.71. The first kappa shape index (κ1) is 16.0. The van der Waals surface area contributed by atoms with Crippen molar-refractivity contribution in [3.63, 3.8) is 0 Å². The van der Waals surface area contributed by atoms with Gasteiger partial charge in [-0.2, -0.15) is 0 Å². The second kappa shape index (κ2) is 4.19. The molecule has 28 heavy (non-hydrogen) atoms. The number of benzene rings is 1. The Morgan fingerprint density at radius 3 is 2.82 bits per heavy atom. The monoisotopic (exact) mass is 379 g/mol. The number of hydrogen-bond donors (Lipinski definition) is 0. The van der Waals surface area contributed by atoms with Gasteiger partial charge in [-0.3, -0.25) is 9.69 Å². The molecule has 2 aliphatic heterocycles. The molecule has 2 saturated carbocycles. The van der Waals surface area contributed by atoms with E-state index in [1.807, 2.05) is 6.07 Å². The van der Waals surface area contributed by atoms with Gasteiger partial charge in [-0.15, -0.1) is 0 Å². The molecule has 0 radical (unpaired) electrons. The zero-order valence-corrected chi connectivity index (χ0v) is 16.7. The summed E-state index contributed by atoms with van der Waals surface area (Å²) in [6, 6.07) is 4.75. The Morgan fingerprint density at radius 1 is 1.29 bits per heavy atom. The Morgan fingerprint density at radius 2 is 2.11 bits per heavy atom. The summed E-state index contributed by atoms with van der Waals surface area (Å²) in [5, 5.41) is 0. The third-order valence-electron chi connectivity index (χ3n) is 9.47. The quantitative estimate of drug-likeness (QED) is 0.596. The van der Waals surface area contributed by atoms with Crippen molar-refractivity contribution < 1.29 is 19.0 Å². The Balaban J connectivity index is 1.60. The first-order valence-corrected chi connectivity index (χ1v) is 10.3. The predicted molar refractivity (Wildman–Crippen MR) is 102 cm³/mol. The molecular formula is C23H25NO4. The molecule has 0 aromatic heterocycles. The Kier molecular flexibility index (Phi) is 2.40. The van der Waals surface area contributed by atoms with Gasteiger partial charge in [-0.25, -0.2) is 0 Å². The summed E-state index contributed by atoms with van der Waals surface area (Å²) in [4.78, 5) is 15.4. The van der Waals surface area contributed by atoms with Gasteiger partial charge in [0, 0.05) is 29.7 Å². The number of likely N-dealkylation sites (N-methyl/N-ethyl adjacent to an activating group) is 1. The van der Waals surface area contributed by atoms with Gasteiger partial charge >= 0.3 is 0 Å². The molecule has 5 aliphatic carbocycles. The number of hydrogen-bond acceptors (Lipinski definition) is 5. The number of ether oxygens (including phenoxy) is 3. The minimum absolute atomic E-state index is 0.0775. The third-order valence-corrected chi connectivity index (χ3v) is 9.47. The van der Waals surface area contributed by atoms with E-state index in [1.54, 1.807) is 21.1 Å². The molecule has 5 heteroatoms. The zero-order valence-electron chi connectivity index (χ0n) is 16.7. The number of fused-ring (bicyclic) bond motifs is 1. The van der Waals surface area contributed by atoms with Crippen molar-refractivity contribution in [3.05, 3.63) is 35.4 Å². The fourth-order valence-electron chi connectivity index (χ4n) is 8.62. The van der Waals surface area contributed by atoms with Crippen molar-refractivity contribution >= 4 is 5.78 Å². The summed E-state index contributed by atoms with van der Waals surface area (Å²) < 4.78 is 18.7. The molecule has 1 aromatic carbocycles. The van der Waals surface area contributed by atoms with Crippen LogP contribution in [0, 0.1) is 11.3 Å². The van der Waals surface area contributed by atoms with Crippen LogP contribution in [0.5, 0.6) is 11.5 Å². The van der Waals surface area contributed by atoms with Crippen molar-refractivity contribution in [2.45, 2.75) is 54.9 Å². The van der Waals surface area contributed by atoms with Gasteiger partial charge in [0.2, 0.25) is 0 Å². The predicted octanol–water partition coefficient (Wildman–Crippen LogP) is 2.26. The van der Waals surface area contributed by atoms with Crippen LogP contribution < -0.4 is 9.47 Å². The molecule has 1 aromatic rings. The number of piperidine rings is 1. The highest BCUT2D eigenvalue weighted by Crippen LogP contribution is 2.83. The molecule has 3 fully saturated rings. The maximum atomic E-state index is 12.8. The van der Waals surface area contributed by atoms with Crippen LogP contribution in [0.2, 0.25) is 0 Å². The van der Waals surface area contributed by atoms with E-state index in [9.17, 15) is 4.79 Å². The molecule has 4 bridgehead atoms. The fraction of sp³-hybridized carbons (Fsp3) is 0.609. The zero-order chi connectivity index (χ0) is 19.3. The van der Waals surface area contributed by atoms with Gasteiger partial charge in [-0.1, -0.05) is 18.2 Å². The number of nitrogens with zero attached hydrogens (tertiary/aromatic N) is 1. The SMILES string of the molecule is COc1ccc2c3c1OC1C4(OC)C=CC5(CC4C(C)=O)C4N(C)C4(C2)CC315. The average molecular weight is 379 g/mol. The third kappa shape index (κ3) is 1.19. The maximum absolute atomic E-state index is 12.8. The van der Waals surface area contributed by atoms with Gasteiger partial charge in [0.05, 0.1) is 18.4 Å². The molecule has 5 nitrogen and oxygen atoms in total. The van der Waals surface area contributed by atoms with Gasteiger partial charge in [-0.05, 0) is 44.9 Å². The van der Waals surface area contributed by atoms with Gasteiger partial charge in [0.15, 0.2) is 11.5 Å². The van der Waals surface area contributed by atoms with Gasteiger partial charge in [0.25, 0.3) is 0 Å². The molecule has 8 rings (SSSR count). The number of methoxy groups -OCH3 is 2. The highest BCUT2D eigenvalue weighted by molar-refractivity contribution is 5.83. The number of rotatable bonds is 3. The lowest BCUT2D eigenvalue weighted by molar-refractivity contribution is -0.186. The van der Waals surface area contributed by atoms with Crippen molar-refractivity contribution in [3.8, 4) is 11.5 Å². The van der Waals surface area contributed by atoms with E-state index in [-0.39, 0.29) is 34.2 Å². The summed E-state index contributed by atoms with van der Waals surface area (Å²) in [7, 11) is 5.70. The highest BCUT2D eigenvalue weighted by atomic mass is 16.6. The van der Waals surface area contributed by atoms with Gasteiger partial charge < -0.3 is 14.2 Å². The average Bonchev–Trinajstić information content (AvgIpc) is 3.00. The lowest BCUT2D eigenvalue weighted by atomic mass is 9.43. The van der Waals surface area contributed by atoms with Crippen LogP contribution in [0.15, 0.2) is 24.3 Å². The van der Waals surface area contributed by atoms with Crippen molar-refractivity contribution in [2.24, 2.45) is 11.3 Å². The molecule has 1 saturated heterocycles. The van der Waals surface area contributed by atoms with Gasteiger partial charge in [0.1, 0.15) is 17.5 Å². The lowest BCUT2D eigenvalue weighted by Gasteiger charge is -2.63. The first-order chi connectivity index (χ1) is 13.4. The molecular weight excluding hydrogens is 354 g/mol.